The smallest absolute Gasteiger partial charge is 0.295 e. The molecule has 0 aliphatic carbocycles. The molecule has 0 spiro atoms. The third-order valence-corrected chi connectivity index (χ3v) is 5.71. The number of rotatable bonds is 7. The molecule has 1 amide bonds. The fourth-order valence-corrected chi connectivity index (χ4v) is 4.10. The Bertz CT molecular complexity index is 1240. The van der Waals surface area contributed by atoms with Crippen LogP contribution in [-0.4, -0.2) is 33.3 Å². The Morgan fingerprint density at radius 3 is 2.62 bits per heavy atom. The van der Waals surface area contributed by atoms with E-state index in [2.05, 4.69) is 18.8 Å². The molecule has 1 fully saturated rings. The zero-order valence-electron chi connectivity index (χ0n) is 18.9. The van der Waals surface area contributed by atoms with Gasteiger partial charge < -0.3 is 14.7 Å². The van der Waals surface area contributed by atoms with Crippen molar-refractivity contribution in [1.29, 1.82) is 0 Å². The second kappa shape index (κ2) is 10.1. The minimum absolute atomic E-state index is 0.0113. The Labute approximate surface area is 203 Å². The topological polar surface area (TPSA) is 79.7 Å². The number of halogens is 1. The number of Topliss-reactive ketones (excluding diaryl/α,β-unsaturated/α-hetero) is 1. The number of benzene rings is 2. The number of pyridine rings is 1. The lowest BCUT2D eigenvalue weighted by Gasteiger charge is -2.25. The number of hydrogen-bond donors (Lipinski definition) is 1. The number of nitrogens with zero attached hydrogens (tertiary/aromatic N) is 2. The predicted octanol–water partition coefficient (Wildman–Crippen LogP) is 5.39. The number of aromatic nitrogens is 1. The molecular formula is C27H25ClN2O4. The van der Waals surface area contributed by atoms with Gasteiger partial charge >= 0.3 is 0 Å². The fourth-order valence-electron chi connectivity index (χ4n) is 3.91. The number of ketones is 1. The highest BCUT2D eigenvalue weighted by Crippen LogP contribution is 2.41. The zero-order chi connectivity index (χ0) is 24.2. The molecule has 0 radical (unpaired) electrons. The van der Waals surface area contributed by atoms with Crippen LogP contribution >= 0.6 is 11.6 Å². The van der Waals surface area contributed by atoms with E-state index in [1.807, 2.05) is 24.3 Å². The number of likely N-dealkylation sites (tertiary alicyclic amines) is 1. The Balaban J connectivity index is 1.83. The first kappa shape index (κ1) is 23.5. The van der Waals surface area contributed by atoms with Gasteiger partial charge in [0, 0.05) is 29.5 Å². The highest BCUT2D eigenvalue weighted by molar-refractivity contribution is 6.46. The molecule has 2 aromatic carbocycles. The van der Waals surface area contributed by atoms with Gasteiger partial charge in [0.05, 0.1) is 18.2 Å². The fraction of sp³-hybridized carbons (Fsp3) is 0.222. The van der Waals surface area contributed by atoms with Crippen LogP contribution in [0.3, 0.4) is 0 Å². The molecule has 7 heteroatoms. The maximum Gasteiger partial charge on any atom is 0.295 e. The summed E-state index contributed by atoms with van der Waals surface area (Å²) in [5.74, 6) is -0.748. The number of ether oxygens (including phenoxy) is 1. The average molecular weight is 477 g/mol. The van der Waals surface area contributed by atoms with E-state index in [9.17, 15) is 14.7 Å². The molecule has 1 unspecified atom stereocenters. The monoisotopic (exact) mass is 476 g/mol. The van der Waals surface area contributed by atoms with E-state index in [-0.39, 0.29) is 17.9 Å². The third kappa shape index (κ3) is 4.97. The summed E-state index contributed by atoms with van der Waals surface area (Å²) in [5.41, 5.74) is 1.80. The Morgan fingerprint density at radius 1 is 1.12 bits per heavy atom. The Morgan fingerprint density at radius 2 is 1.91 bits per heavy atom. The first-order chi connectivity index (χ1) is 16.3. The van der Waals surface area contributed by atoms with Gasteiger partial charge in [0.1, 0.15) is 11.5 Å². The second-order valence-corrected chi connectivity index (χ2v) is 9.01. The molecular weight excluding hydrogens is 452 g/mol. The van der Waals surface area contributed by atoms with Gasteiger partial charge in [-0.1, -0.05) is 55.8 Å². The summed E-state index contributed by atoms with van der Waals surface area (Å²) in [6, 6.07) is 16.6. The largest absolute Gasteiger partial charge is 0.507 e. The summed E-state index contributed by atoms with van der Waals surface area (Å²) in [7, 11) is 0. The summed E-state index contributed by atoms with van der Waals surface area (Å²) in [5, 5.41) is 11.6. The molecule has 0 saturated carbocycles. The summed E-state index contributed by atoms with van der Waals surface area (Å²) in [4.78, 5) is 31.9. The van der Waals surface area contributed by atoms with Crippen LogP contribution in [0.15, 0.2) is 78.6 Å². The minimum Gasteiger partial charge on any atom is -0.507 e. The number of carbonyl (C=O) groups is 2. The normalized spacial score (nSPS) is 17.4. The van der Waals surface area contributed by atoms with Crippen molar-refractivity contribution in [3.63, 3.8) is 0 Å². The van der Waals surface area contributed by atoms with E-state index in [0.717, 1.165) is 5.56 Å². The molecule has 1 aliphatic rings. The maximum absolute atomic E-state index is 13.2. The summed E-state index contributed by atoms with van der Waals surface area (Å²) in [6.07, 6.45) is 3.29. The SMILES string of the molecule is CC(C)COc1cccc(C2/C(=C(/O)c3cccc(Cl)c3)C(=O)C(=O)N2Cc2cccnc2)c1. The first-order valence-electron chi connectivity index (χ1n) is 11.0. The standard InChI is InChI=1S/C27H25ClN2O4/c1-17(2)16-34-22-10-4-7-19(13-22)24-23(25(31)20-8-3-9-21(28)12-20)26(32)27(33)30(24)15-18-6-5-11-29-14-18/h3-14,17,24,31H,15-16H2,1-2H3/b25-23-. The van der Waals surface area contributed by atoms with Crippen LogP contribution in [0.4, 0.5) is 0 Å². The van der Waals surface area contributed by atoms with Gasteiger partial charge in [-0.3, -0.25) is 14.6 Å². The summed E-state index contributed by atoms with van der Waals surface area (Å²) in [6.45, 7) is 4.80. The van der Waals surface area contributed by atoms with Crippen LogP contribution in [0.5, 0.6) is 5.75 Å². The number of aliphatic hydroxyl groups is 1. The van der Waals surface area contributed by atoms with Crippen molar-refractivity contribution in [2.45, 2.75) is 26.4 Å². The summed E-state index contributed by atoms with van der Waals surface area (Å²) < 4.78 is 5.88. The molecule has 4 rings (SSSR count). The number of amides is 1. The molecule has 3 aromatic rings. The van der Waals surface area contributed by atoms with Gasteiger partial charge in [-0.25, -0.2) is 0 Å². The molecule has 1 saturated heterocycles. The van der Waals surface area contributed by atoms with Crippen LogP contribution in [0.1, 0.15) is 36.6 Å². The van der Waals surface area contributed by atoms with Crippen molar-refractivity contribution in [3.05, 3.63) is 100 Å². The van der Waals surface area contributed by atoms with Crippen molar-refractivity contribution in [1.82, 2.24) is 9.88 Å². The number of aliphatic hydroxyl groups excluding tert-OH is 1. The third-order valence-electron chi connectivity index (χ3n) is 5.47. The molecule has 1 aliphatic heterocycles. The lowest BCUT2D eigenvalue weighted by atomic mass is 9.95. The Kier molecular flexibility index (Phi) is 6.98. The van der Waals surface area contributed by atoms with Gasteiger partial charge in [-0.2, -0.15) is 0 Å². The Hall–Kier alpha value is -3.64. The molecule has 6 nitrogen and oxygen atoms in total. The minimum atomic E-state index is -0.804. The van der Waals surface area contributed by atoms with E-state index in [1.54, 1.807) is 48.8 Å². The van der Waals surface area contributed by atoms with Crippen LogP contribution in [0.25, 0.3) is 5.76 Å². The molecule has 1 aromatic heterocycles. The van der Waals surface area contributed by atoms with Crippen molar-refractivity contribution in [2.24, 2.45) is 5.92 Å². The van der Waals surface area contributed by atoms with Crippen molar-refractivity contribution in [2.75, 3.05) is 6.61 Å². The molecule has 1 atom stereocenters. The van der Waals surface area contributed by atoms with Gasteiger partial charge in [-0.15, -0.1) is 0 Å². The van der Waals surface area contributed by atoms with E-state index in [4.69, 9.17) is 16.3 Å². The highest BCUT2D eigenvalue weighted by Gasteiger charge is 2.46. The van der Waals surface area contributed by atoms with Crippen LogP contribution in [-0.2, 0) is 16.1 Å². The van der Waals surface area contributed by atoms with Gasteiger partial charge in [-0.05, 0) is 47.4 Å². The van der Waals surface area contributed by atoms with E-state index in [1.165, 1.54) is 4.90 Å². The summed E-state index contributed by atoms with van der Waals surface area (Å²) >= 11 is 6.11. The van der Waals surface area contributed by atoms with Crippen molar-refractivity contribution >= 4 is 29.1 Å². The first-order valence-corrected chi connectivity index (χ1v) is 11.4. The second-order valence-electron chi connectivity index (χ2n) is 8.58. The predicted molar refractivity (Wildman–Crippen MR) is 130 cm³/mol. The van der Waals surface area contributed by atoms with Crippen molar-refractivity contribution < 1.29 is 19.4 Å². The van der Waals surface area contributed by atoms with Gasteiger partial charge in [0.25, 0.3) is 11.7 Å². The van der Waals surface area contributed by atoms with Gasteiger partial charge in [0.15, 0.2) is 0 Å². The molecule has 34 heavy (non-hydrogen) atoms. The lowest BCUT2D eigenvalue weighted by Crippen LogP contribution is -2.29. The van der Waals surface area contributed by atoms with Crippen LogP contribution in [0.2, 0.25) is 5.02 Å². The van der Waals surface area contributed by atoms with E-state index < -0.39 is 17.7 Å². The van der Waals surface area contributed by atoms with Crippen LogP contribution in [0, 0.1) is 5.92 Å². The van der Waals surface area contributed by atoms with E-state index >= 15 is 0 Å². The number of carbonyl (C=O) groups excluding carboxylic acids is 2. The molecule has 0 bridgehead atoms. The molecule has 2 heterocycles. The highest BCUT2D eigenvalue weighted by atomic mass is 35.5. The zero-order valence-corrected chi connectivity index (χ0v) is 19.7. The van der Waals surface area contributed by atoms with Gasteiger partial charge in [0.2, 0.25) is 0 Å². The quantitative estimate of drug-likeness (QED) is 0.281. The average Bonchev–Trinajstić information content (AvgIpc) is 3.08. The van der Waals surface area contributed by atoms with Crippen LogP contribution < -0.4 is 4.74 Å². The van der Waals surface area contributed by atoms with Crippen molar-refractivity contribution in [3.8, 4) is 5.75 Å². The molecule has 174 valence electrons. The molecule has 1 N–H and O–H groups in total. The number of hydrogen-bond acceptors (Lipinski definition) is 5. The lowest BCUT2D eigenvalue weighted by molar-refractivity contribution is -0.140. The van der Waals surface area contributed by atoms with E-state index in [0.29, 0.717) is 34.4 Å². The maximum atomic E-state index is 13.2.